The summed E-state index contributed by atoms with van der Waals surface area (Å²) in [6.07, 6.45) is 4.21. The van der Waals surface area contributed by atoms with Crippen molar-refractivity contribution in [2.45, 2.75) is 38.6 Å². The van der Waals surface area contributed by atoms with Gasteiger partial charge in [-0.2, -0.15) is 0 Å². The third-order valence-electron chi connectivity index (χ3n) is 4.79. The maximum Gasteiger partial charge on any atom is 0.308 e. The van der Waals surface area contributed by atoms with Crippen LogP contribution in [-0.4, -0.2) is 74.7 Å². The number of hydrogen-bond donors (Lipinski definition) is 1. The number of nitrogens with zero attached hydrogens (tertiary/aromatic N) is 3. The van der Waals surface area contributed by atoms with E-state index in [0.29, 0.717) is 6.04 Å². The number of carbonyl (C=O) groups is 1. The van der Waals surface area contributed by atoms with Gasteiger partial charge in [-0.1, -0.05) is 0 Å². The average Bonchev–Trinajstić information content (AvgIpc) is 2.96. The smallest absolute Gasteiger partial charge is 0.308 e. The molecular formula is C16H31IN4O2. The molecule has 2 heterocycles. The van der Waals surface area contributed by atoms with Crippen molar-refractivity contribution in [2.75, 3.05) is 46.9 Å². The number of carbonyl (C=O) groups excluding carboxylic acids is 1. The van der Waals surface area contributed by atoms with Crippen LogP contribution in [0.3, 0.4) is 0 Å². The van der Waals surface area contributed by atoms with Crippen LogP contribution in [0.2, 0.25) is 0 Å². The van der Waals surface area contributed by atoms with Gasteiger partial charge in [-0.15, -0.1) is 24.0 Å². The van der Waals surface area contributed by atoms with Crippen molar-refractivity contribution in [3.05, 3.63) is 0 Å². The first-order valence-electron chi connectivity index (χ1n) is 8.47. The molecule has 0 aromatic carbocycles. The van der Waals surface area contributed by atoms with Crippen LogP contribution < -0.4 is 5.32 Å². The van der Waals surface area contributed by atoms with Crippen molar-refractivity contribution >= 4 is 35.9 Å². The van der Waals surface area contributed by atoms with Gasteiger partial charge in [0.15, 0.2) is 5.96 Å². The third kappa shape index (κ3) is 5.77. The molecule has 0 saturated carbocycles. The Bertz CT molecular complexity index is 398. The molecule has 2 fully saturated rings. The summed E-state index contributed by atoms with van der Waals surface area (Å²) in [5, 5.41) is 3.39. The van der Waals surface area contributed by atoms with Crippen LogP contribution in [0.4, 0.5) is 0 Å². The zero-order chi connectivity index (χ0) is 15.9. The molecule has 0 radical (unpaired) electrons. The summed E-state index contributed by atoms with van der Waals surface area (Å²) >= 11 is 0. The van der Waals surface area contributed by atoms with Gasteiger partial charge in [0.2, 0.25) is 0 Å². The Kier molecular flexibility index (Phi) is 9.19. The van der Waals surface area contributed by atoms with Crippen LogP contribution in [0.5, 0.6) is 0 Å². The van der Waals surface area contributed by atoms with Gasteiger partial charge >= 0.3 is 5.97 Å². The van der Waals surface area contributed by atoms with Crippen LogP contribution in [-0.2, 0) is 9.53 Å². The van der Waals surface area contributed by atoms with E-state index in [9.17, 15) is 4.79 Å². The molecule has 0 aromatic heterocycles. The Morgan fingerprint density at radius 1 is 1.26 bits per heavy atom. The fourth-order valence-corrected chi connectivity index (χ4v) is 3.32. The first-order valence-corrected chi connectivity index (χ1v) is 8.47. The lowest BCUT2D eigenvalue weighted by Crippen LogP contribution is -2.47. The number of hydrogen-bond acceptors (Lipinski definition) is 4. The number of guanidine groups is 1. The number of nitrogens with one attached hydrogen (secondary N) is 1. The second kappa shape index (κ2) is 10.3. The molecule has 2 aliphatic heterocycles. The lowest BCUT2D eigenvalue weighted by molar-refractivity contribution is -0.146. The Hall–Kier alpha value is -0.570. The van der Waals surface area contributed by atoms with Gasteiger partial charge < -0.3 is 19.9 Å². The molecule has 0 spiro atoms. The van der Waals surface area contributed by atoms with E-state index in [1.54, 1.807) is 0 Å². The summed E-state index contributed by atoms with van der Waals surface area (Å²) in [6.45, 7) is 6.74. The number of rotatable bonds is 4. The van der Waals surface area contributed by atoms with E-state index in [1.165, 1.54) is 26.5 Å². The number of likely N-dealkylation sites (N-methyl/N-ethyl adjacent to an activating group) is 1. The van der Waals surface area contributed by atoms with Crippen molar-refractivity contribution < 1.29 is 9.53 Å². The average molecular weight is 438 g/mol. The normalized spacial score (nSPS) is 23.5. The molecule has 1 unspecified atom stereocenters. The van der Waals surface area contributed by atoms with Crippen LogP contribution in [0.15, 0.2) is 4.99 Å². The molecular weight excluding hydrogens is 407 g/mol. The molecule has 2 aliphatic rings. The minimum atomic E-state index is -0.0748. The summed E-state index contributed by atoms with van der Waals surface area (Å²) < 4.78 is 4.85. The van der Waals surface area contributed by atoms with E-state index in [1.807, 2.05) is 0 Å². The van der Waals surface area contributed by atoms with Gasteiger partial charge in [0, 0.05) is 25.7 Å². The molecule has 1 N–H and O–H groups in total. The van der Waals surface area contributed by atoms with Gasteiger partial charge in [-0.3, -0.25) is 9.79 Å². The number of halogens is 1. The van der Waals surface area contributed by atoms with E-state index in [-0.39, 0.29) is 35.9 Å². The first kappa shape index (κ1) is 20.5. The molecule has 0 aromatic rings. The van der Waals surface area contributed by atoms with E-state index in [4.69, 9.17) is 9.73 Å². The van der Waals surface area contributed by atoms with Crippen LogP contribution in [0.1, 0.15) is 32.6 Å². The molecule has 2 saturated heterocycles. The molecule has 0 amide bonds. The van der Waals surface area contributed by atoms with Crippen molar-refractivity contribution in [3.63, 3.8) is 0 Å². The van der Waals surface area contributed by atoms with Gasteiger partial charge in [0.1, 0.15) is 0 Å². The predicted molar refractivity (Wildman–Crippen MR) is 103 cm³/mol. The quantitative estimate of drug-likeness (QED) is 0.313. The minimum absolute atomic E-state index is 0. The van der Waals surface area contributed by atoms with Crippen LogP contribution in [0.25, 0.3) is 0 Å². The maximum atomic E-state index is 11.6. The minimum Gasteiger partial charge on any atom is -0.469 e. The predicted octanol–water partition coefficient (Wildman–Crippen LogP) is 1.55. The summed E-state index contributed by atoms with van der Waals surface area (Å²) in [5.41, 5.74) is 0. The van der Waals surface area contributed by atoms with Gasteiger partial charge in [0.05, 0.1) is 19.6 Å². The van der Waals surface area contributed by atoms with Gasteiger partial charge in [-0.25, -0.2) is 0 Å². The lowest BCUT2D eigenvalue weighted by Gasteiger charge is -2.33. The molecule has 0 aliphatic carbocycles. The first-order chi connectivity index (χ1) is 10.7. The number of piperidine rings is 1. The number of ether oxygens (including phenoxy) is 1. The van der Waals surface area contributed by atoms with Crippen molar-refractivity contribution in [2.24, 2.45) is 10.9 Å². The summed E-state index contributed by atoms with van der Waals surface area (Å²) in [4.78, 5) is 21.1. The number of methoxy groups -OCH3 is 1. The van der Waals surface area contributed by atoms with E-state index < -0.39 is 0 Å². The largest absolute Gasteiger partial charge is 0.469 e. The summed E-state index contributed by atoms with van der Waals surface area (Å²) in [6, 6.07) is 0.571. The Morgan fingerprint density at radius 2 is 1.96 bits per heavy atom. The molecule has 2 rings (SSSR count). The highest BCUT2D eigenvalue weighted by molar-refractivity contribution is 14.0. The molecule has 23 heavy (non-hydrogen) atoms. The molecule has 1 atom stereocenters. The summed E-state index contributed by atoms with van der Waals surface area (Å²) in [7, 11) is 3.65. The zero-order valence-corrected chi connectivity index (χ0v) is 16.9. The second-order valence-electron chi connectivity index (χ2n) is 6.26. The molecule has 7 heteroatoms. The highest BCUT2D eigenvalue weighted by Crippen LogP contribution is 2.19. The molecule has 6 nitrogen and oxygen atoms in total. The SMILES string of the molecule is CCNC(=NCC1CCCN1C)N1CCC(C(=O)OC)CC1.I. The maximum absolute atomic E-state index is 11.6. The number of esters is 1. The van der Waals surface area contributed by atoms with Crippen molar-refractivity contribution in [3.8, 4) is 0 Å². The summed E-state index contributed by atoms with van der Waals surface area (Å²) in [5.74, 6) is 0.963. The van der Waals surface area contributed by atoms with Gasteiger partial charge in [-0.05, 0) is 46.2 Å². The Morgan fingerprint density at radius 3 is 2.48 bits per heavy atom. The highest BCUT2D eigenvalue weighted by atomic mass is 127. The van der Waals surface area contributed by atoms with Gasteiger partial charge in [0.25, 0.3) is 0 Å². The third-order valence-corrected chi connectivity index (χ3v) is 4.79. The molecule has 134 valence electrons. The van der Waals surface area contributed by atoms with E-state index in [2.05, 4.69) is 29.1 Å². The fourth-order valence-electron chi connectivity index (χ4n) is 3.32. The topological polar surface area (TPSA) is 57.2 Å². The monoisotopic (exact) mass is 438 g/mol. The van der Waals surface area contributed by atoms with E-state index >= 15 is 0 Å². The van der Waals surface area contributed by atoms with Crippen LogP contribution >= 0.6 is 24.0 Å². The second-order valence-corrected chi connectivity index (χ2v) is 6.26. The standard InChI is InChI=1S/C16H30N4O2.HI/c1-4-17-16(18-12-14-6-5-9-19(14)2)20-10-7-13(8-11-20)15(21)22-3;/h13-14H,4-12H2,1-3H3,(H,17,18);1H. The fraction of sp³-hybridized carbons (Fsp3) is 0.875. The van der Waals surface area contributed by atoms with Crippen molar-refractivity contribution in [1.82, 2.24) is 15.1 Å². The highest BCUT2D eigenvalue weighted by Gasteiger charge is 2.27. The molecule has 0 bridgehead atoms. The van der Waals surface area contributed by atoms with E-state index in [0.717, 1.165) is 45.0 Å². The zero-order valence-electron chi connectivity index (χ0n) is 14.6. The Balaban J connectivity index is 0.00000264. The van der Waals surface area contributed by atoms with Crippen LogP contribution in [0, 0.1) is 5.92 Å². The Labute approximate surface area is 157 Å². The number of aliphatic imine (C=N–C) groups is 1. The lowest BCUT2D eigenvalue weighted by atomic mass is 9.97. The number of likely N-dealkylation sites (tertiary alicyclic amines) is 2. The van der Waals surface area contributed by atoms with Crippen molar-refractivity contribution in [1.29, 1.82) is 0 Å².